The number of aromatic nitrogens is 1. The predicted molar refractivity (Wildman–Crippen MR) is 96.5 cm³/mol. The van der Waals surface area contributed by atoms with E-state index in [-0.39, 0.29) is 0 Å². The maximum absolute atomic E-state index is 12.6. The lowest BCUT2D eigenvalue weighted by Gasteiger charge is -2.09. The third-order valence-corrected chi connectivity index (χ3v) is 4.14. The van der Waals surface area contributed by atoms with Crippen LogP contribution in [0, 0.1) is 0 Å². The topological polar surface area (TPSA) is 24.9 Å². The first-order valence-electron chi connectivity index (χ1n) is 8.38. The van der Waals surface area contributed by atoms with Crippen molar-refractivity contribution in [2.45, 2.75) is 19.1 Å². The van der Waals surface area contributed by atoms with Crippen LogP contribution in [0.2, 0.25) is 0 Å². The number of pyridine rings is 1. The molecule has 1 aromatic heterocycles. The van der Waals surface area contributed by atoms with E-state index < -0.39 is 11.7 Å². The summed E-state index contributed by atoms with van der Waals surface area (Å²) in [6, 6.07) is 17.1. The van der Waals surface area contributed by atoms with Crippen LogP contribution in [-0.4, -0.2) is 11.5 Å². The molecular formula is C21H19F3N2. The number of benzene rings is 2. The maximum atomic E-state index is 12.6. The normalized spacial score (nSPS) is 11.5. The van der Waals surface area contributed by atoms with Gasteiger partial charge in [-0.05, 0) is 53.4 Å². The van der Waals surface area contributed by atoms with Crippen LogP contribution in [0.5, 0.6) is 0 Å². The molecule has 26 heavy (non-hydrogen) atoms. The van der Waals surface area contributed by atoms with Crippen molar-refractivity contribution in [1.82, 2.24) is 10.3 Å². The first-order chi connectivity index (χ1) is 12.5. The molecule has 0 aliphatic heterocycles. The van der Waals surface area contributed by atoms with Crippen LogP contribution in [0.1, 0.15) is 16.7 Å². The summed E-state index contributed by atoms with van der Waals surface area (Å²) in [4.78, 5) is 4.09. The molecule has 2 nitrogen and oxygen atoms in total. The van der Waals surface area contributed by atoms with Gasteiger partial charge in [-0.1, -0.05) is 42.5 Å². The van der Waals surface area contributed by atoms with Crippen molar-refractivity contribution in [3.8, 4) is 11.1 Å². The molecule has 0 aliphatic rings. The van der Waals surface area contributed by atoms with Crippen molar-refractivity contribution in [2.75, 3.05) is 6.54 Å². The number of alkyl halides is 3. The van der Waals surface area contributed by atoms with Crippen LogP contribution in [0.25, 0.3) is 11.1 Å². The standard InChI is InChI=1S/C21H19F3N2/c22-21(23,24)20-9-7-19(8-10-20)18-5-3-17(4-6-18)15-26-13-11-16-2-1-12-25-14-16/h1-10,12,14,26H,11,13,15H2. The van der Waals surface area contributed by atoms with E-state index in [0.29, 0.717) is 0 Å². The van der Waals surface area contributed by atoms with Crippen LogP contribution in [0.4, 0.5) is 13.2 Å². The molecule has 1 heterocycles. The zero-order valence-electron chi connectivity index (χ0n) is 14.1. The SMILES string of the molecule is FC(F)(F)c1ccc(-c2ccc(CNCCc3cccnc3)cc2)cc1. The first-order valence-corrected chi connectivity index (χ1v) is 8.38. The van der Waals surface area contributed by atoms with Gasteiger partial charge in [-0.3, -0.25) is 4.98 Å². The molecule has 134 valence electrons. The summed E-state index contributed by atoms with van der Waals surface area (Å²) >= 11 is 0. The number of halogens is 3. The maximum Gasteiger partial charge on any atom is 0.416 e. The highest BCUT2D eigenvalue weighted by Crippen LogP contribution is 2.31. The highest BCUT2D eigenvalue weighted by molar-refractivity contribution is 5.64. The van der Waals surface area contributed by atoms with Gasteiger partial charge in [-0.2, -0.15) is 13.2 Å². The monoisotopic (exact) mass is 356 g/mol. The highest BCUT2D eigenvalue weighted by Gasteiger charge is 2.29. The van der Waals surface area contributed by atoms with Crippen molar-refractivity contribution >= 4 is 0 Å². The molecule has 2 aromatic carbocycles. The van der Waals surface area contributed by atoms with E-state index in [1.807, 2.05) is 42.6 Å². The van der Waals surface area contributed by atoms with Gasteiger partial charge in [0.1, 0.15) is 0 Å². The minimum absolute atomic E-state index is 0.629. The second-order valence-electron chi connectivity index (χ2n) is 6.06. The Bertz CT molecular complexity index is 811. The van der Waals surface area contributed by atoms with E-state index in [2.05, 4.69) is 10.3 Å². The average Bonchev–Trinajstić information content (AvgIpc) is 2.66. The molecule has 0 amide bonds. The fraction of sp³-hybridized carbons (Fsp3) is 0.190. The van der Waals surface area contributed by atoms with E-state index in [1.165, 1.54) is 17.7 Å². The molecule has 0 saturated carbocycles. The Hall–Kier alpha value is -2.66. The molecule has 0 spiro atoms. The molecule has 3 rings (SSSR count). The van der Waals surface area contributed by atoms with Gasteiger partial charge < -0.3 is 5.32 Å². The predicted octanol–water partition coefficient (Wildman–Crippen LogP) is 5.10. The van der Waals surface area contributed by atoms with E-state index in [0.717, 1.165) is 48.3 Å². The second-order valence-corrected chi connectivity index (χ2v) is 6.06. The molecule has 0 fully saturated rings. The molecule has 1 N–H and O–H groups in total. The third kappa shape index (κ3) is 4.92. The molecule has 0 saturated heterocycles. The van der Waals surface area contributed by atoms with Crippen LogP contribution in [0.3, 0.4) is 0 Å². The van der Waals surface area contributed by atoms with E-state index in [4.69, 9.17) is 0 Å². The van der Waals surface area contributed by atoms with Gasteiger partial charge >= 0.3 is 6.18 Å². The summed E-state index contributed by atoms with van der Waals surface area (Å²) in [5.41, 5.74) is 3.37. The molecule has 0 atom stereocenters. The van der Waals surface area contributed by atoms with Gasteiger partial charge in [0.05, 0.1) is 5.56 Å². The van der Waals surface area contributed by atoms with Gasteiger partial charge in [0.2, 0.25) is 0 Å². The Morgan fingerprint density at radius 3 is 2.04 bits per heavy atom. The highest BCUT2D eigenvalue weighted by atomic mass is 19.4. The number of rotatable bonds is 6. The number of nitrogens with zero attached hydrogens (tertiary/aromatic N) is 1. The molecule has 0 aliphatic carbocycles. The van der Waals surface area contributed by atoms with Gasteiger partial charge in [-0.15, -0.1) is 0 Å². The van der Waals surface area contributed by atoms with Gasteiger partial charge in [0, 0.05) is 18.9 Å². The van der Waals surface area contributed by atoms with Crippen molar-refractivity contribution < 1.29 is 13.2 Å². The van der Waals surface area contributed by atoms with Crippen molar-refractivity contribution in [3.63, 3.8) is 0 Å². The average molecular weight is 356 g/mol. The summed E-state index contributed by atoms with van der Waals surface area (Å²) in [7, 11) is 0. The summed E-state index contributed by atoms with van der Waals surface area (Å²) in [5.74, 6) is 0. The number of hydrogen-bond acceptors (Lipinski definition) is 2. The first kappa shape index (κ1) is 18.1. The minimum atomic E-state index is -4.30. The minimum Gasteiger partial charge on any atom is -0.312 e. The lowest BCUT2D eigenvalue weighted by Crippen LogP contribution is -2.16. The van der Waals surface area contributed by atoms with Crippen molar-refractivity contribution in [3.05, 3.63) is 89.7 Å². The summed E-state index contributed by atoms with van der Waals surface area (Å²) in [6.45, 7) is 1.60. The third-order valence-electron chi connectivity index (χ3n) is 4.14. The zero-order chi connectivity index (χ0) is 18.4. The second kappa shape index (κ2) is 8.15. The Balaban J connectivity index is 1.53. The Morgan fingerprint density at radius 1 is 0.808 bits per heavy atom. The Morgan fingerprint density at radius 2 is 1.46 bits per heavy atom. The quantitative estimate of drug-likeness (QED) is 0.622. The molecule has 0 bridgehead atoms. The lowest BCUT2D eigenvalue weighted by atomic mass is 10.0. The largest absolute Gasteiger partial charge is 0.416 e. The smallest absolute Gasteiger partial charge is 0.312 e. The van der Waals surface area contributed by atoms with Crippen molar-refractivity contribution in [1.29, 1.82) is 0 Å². The molecular weight excluding hydrogens is 337 g/mol. The lowest BCUT2D eigenvalue weighted by molar-refractivity contribution is -0.137. The summed E-state index contributed by atoms with van der Waals surface area (Å²) in [6.07, 6.45) is 0.233. The summed E-state index contributed by atoms with van der Waals surface area (Å²) in [5, 5.41) is 3.38. The Labute approximate surface area is 150 Å². The van der Waals surface area contributed by atoms with Gasteiger partial charge in [-0.25, -0.2) is 0 Å². The number of hydrogen-bond donors (Lipinski definition) is 1. The number of nitrogens with one attached hydrogen (secondary N) is 1. The summed E-state index contributed by atoms with van der Waals surface area (Å²) < 4.78 is 37.9. The van der Waals surface area contributed by atoms with Crippen molar-refractivity contribution in [2.24, 2.45) is 0 Å². The van der Waals surface area contributed by atoms with Crippen LogP contribution in [-0.2, 0) is 19.1 Å². The molecule has 0 radical (unpaired) electrons. The van der Waals surface area contributed by atoms with Crippen LogP contribution < -0.4 is 5.32 Å². The van der Waals surface area contributed by atoms with Gasteiger partial charge in [0.25, 0.3) is 0 Å². The Kier molecular flexibility index (Phi) is 5.68. The van der Waals surface area contributed by atoms with Crippen LogP contribution >= 0.6 is 0 Å². The van der Waals surface area contributed by atoms with E-state index in [1.54, 1.807) is 6.20 Å². The molecule has 3 aromatic rings. The molecule has 0 unspecified atom stereocenters. The molecule has 5 heteroatoms. The zero-order valence-corrected chi connectivity index (χ0v) is 14.1. The van der Waals surface area contributed by atoms with Gasteiger partial charge in [0.15, 0.2) is 0 Å². The van der Waals surface area contributed by atoms with E-state index in [9.17, 15) is 13.2 Å². The fourth-order valence-electron chi connectivity index (χ4n) is 2.68. The van der Waals surface area contributed by atoms with Crippen LogP contribution in [0.15, 0.2) is 73.1 Å². The fourth-order valence-corrected chi connectivity index (χ4v) is 2.68. The van der Waals surface area contributed by atoms with E-state index >= 15 is 0 Å².